The van der Waals surface area contributed by atoms with E-state index in [1.807, 2.05) is 0 Å². The molecule has 0 spiro atoms. The lowest BCUT2D eigenvalue weighted by Crippen LogP contribution is -2.47. The van der Waals surface area contributed by atoms with Crippen LogP contribution in [0.3, 0.4) is 0 Å². The molecule has 7 nitrogen and oxygen atoms in total. The Morgan fingerprint density at radius 3 is 2.50 bits per heavy atom. The lowest BCUT2D eigenvalue weighted by Gasteiger charge is -2.36. The van der Waals surface area contributed by atoms with Gasteiger partial charge in [-0.3, -0.25) is 0 Å². The fraction of sp³-hybridized carbons (Fsp3) is 0.417. The average Bonchev–Trinajstić information content (AvgIpc) is 2.33. The van der Waals surface area contributed by atoms with Gasteiger partial charge in [-0.25, -0.2) is 17.9 Å². The smallest absolute Gasteiger partial charge is 0.335 e. The minimum Gasteiger partial charge on any atom is -0.478 e. The second-order valence-electron chi connectivity index (χ2n) is 4.96. The van der Waals surface area contributed by atoms with Crippen molar-refractivity contribution in [3.05, 3.63) is 23.8 Å². The quantitative estimate of drug-likeness (QED) is 0.573. The third-order valence-electron chi connectivity index (χ3n) is 3.42. The molecule has 0 bridgehead atoms. The molecule has 0 aliphatic heterocycles. The van der Waals surface area contributed by atoms with E-state index in [0.29, 0.717) is 12.8 Å². The third-order valence-corrected chi connectivity index (χ3v) is 4.90. The van der Waals surface area contributed by atoms with Gasteiger partial charge < -0.3 is 15.9 Å². The van der Waals surface area contributed by atoms with E-state index in [2.05, 4.69) is 4.72 Å². The van der Waals surface area contributed by atoms with Crippen LogP contribution >= 0.6 is 0 Å². The summed E-state index contributed by atoms with van der Waals surface area (Å²) in [4.78, 5) is 10.6. The molecule has 110 valence electrons. The van der Waals surface area contributed by atoms with E-state index in [1.165, 1.54) is 6.07 Å². The number of carbonyl (C=O) groups is 1. The summed E-state index contributed by atoms with van der Waals surface area (Å²) >= 11 is 0. The summed E-state index contributed by atoms with van der Waals surface area (Å²) in [5.74, 6) is -1.18. The molecule has 1 aromatic carbocycles. The van der Waals surface area contributed by atoms with E-state index in [1.54, 1.807) is 0 Å². The van der Waals surface area contributed by atoms with Crippen LogP contribution in [0.4, 0.5) is 5.69 Å². The molecule has 0 saturated heterocycles. The fourth-order valence-electron chi connectivity index (χ4n) is 1.99. The van der Waals surface area contributed by atoms with Crippen molar-refractivity contribution in [2.75, 3.05) is 12.3 Å². The minimum absolute atomic E-state index is 0.0740. The Kier molecular flexibility index (Phi) is 3.72. The topological polar surface area (TPSA) is 130 Å². The lowest BCUT2D eigenvalue weighted by molar-refractivity contribution is -0.0270. The van der Waals surface area contributed by atoms with Gasteiger partial charge in [0.25, 0.3) is 0 Å². The second kappa shape index (κ2) is 5.04. The van der Waals surface area contributed by atoms with Crippen molar-refractivity contribution in [2.45, 2.75) is 29.8 Å². The van der Waals surface area contributed by atoms with E-state index in [0.717, 1.165) is 18.6 Å². The van der Waals surface area contributed by atoms with Crippen LogP contribution in [0, 0.1) is 0 Å². The van der Waals surface area contributed by atoms with Crippen LogP contribution in [0.25, 0.3) is 0 Å². The highest BCUT2D eigenvalue weighted by atomic mass is 32.2. The molecule has 1 fully saturated rings. The highest BCUT2D eigenvalue weighted by Crippen LogP contribution is 2.31. The molecule has 8 heteroatoms. The first-order valence-corrected chi connectivity index (χ1v) is 7.57. The van der Waals surface area contributed by atoms with E-state index in [9.17, 15) is 18.3 Å². The fourth-order valence-corrected chi connectivity index (χ4v) is 3.23. The van der Waals surface area contributed by atoms with Crippen molar-refractivity contribution in [3.63, 3.8) is 0 Å². The molecule has 5 N–H and O–H groups in total. The van der Waals surface area contributed by atoms with Gasteiger partial charge in [0.1, 0.15) is 4.90 Å². The van der Waals surface area contributed by atoms with Crippen molar-refractivity contribution in [1.82, 2.24) is 4.72 Å². The zero-order valence-corrected chi connectivity index (χ0v) is 11.5. The summed E-state index contributed by atoms with van der Waals surface area (Å²) in [5, 5.41) is 18.7. The Morgan fingerprint density at radius 2 is 2.05 bits per heavy atom. The molecule has 2 rings (SSSR count). The lowest BCUT2D eigenvalue weighted by atomic mass is 9.81. The number of nitrogens with two attached hydrogens (primary N) is 1. The highest BCUT2D eigenvalue weighted by Gasteiger charge is 2.35. The first kappa shape index (κ1) is 14.8. The van der Waals surface area contributed by atoms with Gasteiger partial charge in [0.15, 0.2) is 0 Å². The number of hydrogen-bond donors (Lipinski definition) is 4. The zero-order chi connectivity index (χ0) is 15.0. The van der Waals surface area contributed by atoms with Crippen LogP contribution in [0.5, 0.6) is 0 Å². The standard InChI is InChI=1S/C12H16N2O5S/c13-9-6-8(11(15)16)2-3-10(9)20(18,19)14-7-12(17)4-1-5-12/h2-3,6,14,17H,1,4-5,7,13H2,(H,15,16). The summed E-state index contributed by atoms with van der Waals surface area (Å²) in [6.07, 6.45) is 1.99. The molecule has 0 amide bonds. The van der Waals surface area contributed by atoms with Gasteiger partial charge in [0, 0.05) is 6.54 Å². The molecule has 0 atom stereocenters. The van der Waals surface area contributed by atoms with Crippen LogP contribution in [-0.4, -0.2) is 36.7 Å². The Labute approximate surface area is 116 Å². The van der Waals surface area contributed by atoms with Crippen LogP contribution in [0.2, 0.25) is 0 Å². The van der Waals surface area contributed by atoms with Crippen molar-refractivity contribution < 1.29 is 23.4 Å². The van der Waals surface area contributed by atoms with Crippen LogP contribution in [0.15, 0.2) is 23.1 Å². The van der Waals surface area contributed by atoms with E-state index < -0.39 is 21.6 Å². The van der Waals surface area contributed by atoms with Gasteiger partial charge in [-0.2, -0.15) is 0 Å². The SMILES string of the molecule is Nc1cc(C(=O)O)ccc1S(=O)(=O)NCC1(O)CCC1. The summed E-state index contributed by atoms with van der Waals surface area (Å²) in [7, 11) is -3.87. The van der Waals surface area contributed by atoms with Crippen molar-refractivity contribution in [1.29, 1.82) is 0 Å². The number of hydrogen-bond acceptors (Lipinski definition) is 5. The monoisotopic (exact) mass is 300 g/mol. The number of nitrogen functional groups attached to an aromatic ring is 1. The predicted octanol–water partition coefficient (Wildman–Crippen LogP) is 0.160. The normalized spacial score (nSPS) is 17.4. The number of rotatable bonds is 5. The first-order valence-electron chi connectivity index (χ1n) is 6.08. The van der Waals surface area contributed by atoms with Gasteiger partial charge >= 0.3 is 5.97 Å². The molecule has 0 aromatic heterocycles. The Bertz CT molecular complexity index is 637. The first-order chi connectivity index (χ1) is 9.23. The number of aromatic carboxylic acids is 1. The number of sulfonamides is 1. The summed E-state index contributed by atoms with van der Waals surface area (Å²) < 4.78 is 26.4. The molecular formula is C12H16N2O5S. The summed E-state index contributed by atoms with van der Waals surface area (Å²) in [6, 6.07) is 3.41. The minimum atomic E-state index is -3.87. The van der Waals surface area contributed by atoms with Crippen molar-refractivity contribution in [3.8, 4) is 0 Å². The molecule has 0 radical (unpaired) electrons. The number of anilines is 1. The Morgan fingerprint density at radius 1 is 1.40 bits per heavy atom. The van der Waals surface area contributed by atoms with Crippen LogP contribution in [0.1, 0.15) is 29.6 Å². The van der Waals surface area contributed by atoms with Crippen molar-refractivity contribution >= 4 is 21.7 Å². The van der Waals surface area contributed by atoms with E-state index in [-0.39, 0.29) is 22.7 Å². The Balaban J connectivity index is 2.18. The molecular weight excluding hydrogens is 284 g/mol. The molecule has 20 heavy (non-hydrogen) atoms. The molecule has 1 saturated carbocycles. The average molecular weight is 300 g/mol. The number of benzene rings is 1. The van der Waals surface area contributed by atoms with E-state index in [4.69, 9.17) is 10.8 Å². The maximum absolute atomic E-state index is 12.1. The van der Waals surface area contributed by atoms with Crippen molar-refractivity contribution in [2.24, 2.45) is 0 Å². The number of nitrogens with one attached hydrogen (secondary N) is 1. The molecule has 0 heterocycles. The van der Waals surface area contributed by atoms with Gasteiger partial charge in [-0.1, -0.05) is 0 Å². The number of aliphatic hydroxyl groups is 1. The van der Waals surface area contributed by atoms with Gasteiger partial charge in [-0.15, -0.1) is 0 Å². The molecule has 0 unspecified atom stereocenters. The highest BCUT2D eigenvalue weighted by molar-refractivity contribution is 7.89. The molecule has 1 aromatic rings. The summed E-state index contributed by atoms with van der Waals surface area (Å²) in [5.41, 5.74) is 4.38. The second-order valence-corrected chi connectivity index (χ2v) is 6.70. The zero-order valence-electron chi connectivity index (χ0n) is 10.7. The number of carboxylic acid groups (broad SMARTS) is 1. The van der Waals surface area contributed by atoms with Gasteiger partial charge in [-0.05, 0) is 37.5 Å². The summed E-state index contributed by atoms with van der Waals surface area (Å²) in [6.45, 7) is -0.0740. The largest absolute Gasteiger partial charge is 0.478 e. The Hall–Kier alpha value is -1.64. The number of carboxylic acids is 1. The van der Waals surface area contributed by atoms with Crippen LogP contribution < -0.4 is 10.5 Å². The third kappa shape index (κ3) is 2.92. The van der Waals surface area contributed by atoms with Crippen LogP contribution in [-0.2, 0) is 10.0 Å². The predicted molar refractivity (Wildman–Crippen MR) is 71.8 cm³/mol. The van der Waals surface area contributed by atoms with E-state index >= 15 is 0 Å². The maximum Gasteiger partial charge on any atom is 0.335 e. The van der Waals surface area contributed by atoms with Gasteiger partial charge in [0.2, 0.25) is 10.0 Å². The maximum atomic E-state index is 12.1. The molecule has 1 aliphatic carbocycles. The molecule has 1 aliphatic rings. The van der Waals surface area contributed by atoms with Gasteiger partial charge in [0.05, 0.1) is 16.9 Å².